The van der Waals surface area contributed by atoms with Crippen LogP contribution in [0.25, 0.3) is 0 Å². The fraction of sp³-hybridized carbons (Fsp3) is 1.00. The van der Waals surface area contributed by atoms with Gasteiger partial charge in [-0.25, -0.2) is 8.42 Å². The molecule has 2 unspecified atom stereocenters. The van der Waals surface area contributed by atoms with Gasteiger partial charge < -0.3 is 5.32 Å². The maximum atomic E-state index is 11.6. The number of sulfone groups is 1. The lowest BCUT2D eigenvalue weighted by atomic mass is 9.87. The third-order valence-corrected chi connectivity index (χ3v) is 6.58. The Hall–Kier alpha value is -0.0900. The molecule has 0 aliphatic heterocycles. The van der Waals surface area contributed by atoms with Gasteiger partial charge in [-0.2, -0.15) is 0 Å². The summed E-state index contributed by atoms with van der Waals surface area (Å²) in [6.45, 7) is 1.08. The molecular formula is C15H29NO2S. The molecule has 0 heterocycles. The quantitative estimate of drug-likeness (QED) is 0.845. The smallest absolute Gasteiger partial charge is 0.150 e. The first kappa shape index (κ1) is 15.3. The summed E-state index contributed by atoms with van der Waals surface area (Å²) in [6, 6.07) is 0.428. The zero-order valence-electron chi connectivity index (χ0n) is 12.2. The summed E-state index contributed by atoms with van der Waals surface area (Å²) >= 11 is 0. The summed E-state index contributed by atoms with van der Waals surface area (Å²) < 4.78 is 23.3. The van der Waals surface area contributed by atoms with Gasteiger partial charge in [0, 0.05) is 12.3 Å². The van der Waals surface area contributed by atoms with Crippen LogP contribution in [0, 0.1) is 5.92 Å². The molecule has 0 bridgehead atoms. The fourth-order valence-corrected chi connectivity index (χ4v) is 4.86. The van der Waals surface area contributed by atoms with E-state index in [4.69, 9.17) is 0 Å². The zero-order valence-corrected chi connectivity index (χ0v) is 13.1. The number of nitrogens with one attached hydrogen (secondary N) is 1. The van der Waals surface area contributed by atoms with Crippen LogP contribution in [0.15, 0.2) is 0 Å². The Morgan fingerprint density at radius 3 is 2.42 bits per heavy atom. The summed E-state index contributed by atoms with van der Waals surface area (Å²) in [5.41, 5.74) is 0. The van der Waals surface area contributed by atoms with Crippen LogP contribution >= 0.6 is 0 Å². The molecule has 1 N–H and O–H groups in total. The van der Waals surface area contributed by atoms with Gasteiger partial charge in [-0.3, -0.25) is 0 Å². The van der Waals surface area contributed by atoms with Gasteiger partial charge in [0.2, 0.25) is 0 Å². The van der Waals surface area contributed by atoms with Crippen molar-refractivity contribution in [3.8, 4) is 0 Å². The summed E-state index contributed by atoms with van der Waals surface area (Å²) in [7, 11) is -2.84. The van der Waals surface area contributed by atoms with Crippen molar-refractivity contribution in [2.75, 3.05) is 12.8 Å². The summed E-state index contributed by atoms with van der Waals surface area (Å²) in [5, 5.41) is 3.50. The Labute approximate surface area is 118 Å². The van der Waals surface area contributed by atoms with Crippen molar-refractivity contribution in [1.82, 2.24) is 5.32 Å². The first-order valence-corrected chi connectivity index (χ1v) is 9.93. The molecule has 2 aliphatic rings. The van der Waals surface area contributed by atoms with E-state index in [0.717, 1.165) is 38.1 Å². The van der Waals surface area contributed by atoms with E-state index < -0.39 is 9.84 Å². The lowest BCUT2D eigenvalue weighted by Crippen LogP contribution is -2.39. The second-order valence-corrected chi connectivity index (χ2v) is 8.89. The van der Waals surface area contributed by atoms with E-state index in [0.29, 0.717) is 6.04 Å². The second-order valence-electron chi connectivity index (χ2n) is 6.56. The first-order valence-electron chi connectivity index (χ1n) is 7.98. The molecule has 0 radical (unpaired) electrons. The molecule has 2 aliphatic carbocycles. The number of hydrogen-bond donors (Lipinski definition) is 1. The second kappa shape index (κ2) is 7.07. The van der Waals surface area contributed by atoms with Gasteiger partial charge in [-0.05, 0) is 38.1 Å². The molecule has 0 aromatic rings. The van der Waals surface area contributed by atoms with Gasteiger partial charge in [0.25, 0.3) is 0 Å². The van der Waals surface area contributed by atoms with E-state index in [1.807, 2.05) is 0 Å². The van der Waals surface area contributed by atoms with E-state index in [2.05, 4.69) is 5.32 Å². The van der Waals surface area contributed by atoms with Crippen LogP contribution < -0.4 is 5.32 Å². The Bertz CT molecular complexity index is 360. The van der Waals surface area contributed by atoms with Crippen LogP contribution in [0.5, 0.6) is 0 Å². The van der Waals surface area contributed by atoms with Crippen LogP contribution in [-0.2, 0) is 9.84 Å². The summed E-state index contributed by atoms with van der Waals surface area (Å²) in [5.74, 6) is 0.913. The van der Waals surface area contributed by atoms with Crippen LogP contribution in [-0.4, -0.2) is 32.5 Å². The first-order chi connectivity index (χ1) is 9.05. The summed E-state index contributed by atoms with van der Waals surface area (Å²) in [4.78, 5) is 0. The van der Waals surface area contributed by atoms with Gasteiger partial charge in [-0.1, -0.05) is 38.5 Å². The standard InChI is InChI=1S/C15H29NO2S/c1-19(17,18)15-9-5-8-14(12-15)16-11-10-13-6-3-2-4-7-13/h13-16H,2-12H2,1H3. The molecule has 112 valence electrons. The predicted octanol–water partition coefficient (Wildman–Crippen LogP) is 2.90. The van der Waals surface area contributed by atoms with Crippen LogP contribution in [0.2, 0.25) is 0 Å². The fourth-order valence-electron chi connectivity index (χ4n) is 3.69. The van der Waals surface area contributed by atoms with E-state index in [1.54, 1.807) is 0 Å². The normalized spacial score (nSPS) is 30.4. The molecule has 0 aromatic carbocycles. The average Bonchev–Trinajstić information content (AvgIpc) is 2.39. The van der Waals surface area contributed by atoms with E-state index >= 15 is 0 Å². The highest BCUT2D eigenvalue weighted by Gasteiger charge is 2.28. The highest BCUT2D eigenvalue weighted by atomic mass is 32.2. The van der Waals surface area contributed by atoms with Gasteiger partial charge in [0.05, 0.1) is 5.25 Å². The van der Waals surface area contributed by atoms with E-state index in [1.165, 1.54) is 44.8 Å². The van der Waals surface area contributed by atoms with Crippen molar-refractivity contribution in [1.29, 1.82) is 0 Å². The highest BCUT2D eigenvalue weighted by molar-refractivity contribution is 7.91. The van der Waals surface area contributed by atoms with E-state index in [-0.39, 0.29) is 5.25 Å². The molecule has 2 saturated carbocycles. The maximum absolute atomic E-state index is 11.6. The topological polar surface area (TPSA) is 46.2 Å². The lowest BCUT2D eigenvalue weighted by molar-refractivity contribution is 0.312. The largest absolute Gasteiger partial charge is 0.314 e. The monoisotopic (exact) mass is 287 g/mol. The maximum Gasteiger partial charge on any atom is 0.150 e. The lowest BCUT2D eigenvalue weighted by Gasteiger charge is -2.29. The number of hydrogen-bond acceptors (Lipinski definition) is 3. The highest BCUT2D eigenvalue weighted by Crippen LogP contribution is 2.27. The van der Waals surface area contributed by atoms with Gasteiger partial charge in [0.15, 0.2) is 0 Å². The zero-order chi connectivity index (χ0) is 13.7. The van der Waals surface area contributed by atoms with Crippen LogP contribution in [0.3, 0.4) is 0 Å². The third kappa shape index (κ3) is 5.07. The molecule has 4 heteroatoms. The van der Waals surface area contributed by atoms with Gasteiger partial charge >= 0.3 is 0 Å². The van der Waals surface area contributed by atoms with Crippen molar-refractivity contribution < 1.29 is 8.42 Å². The predicted molar refractivity (Wildman–Crippen MR) is 80.1 cm³/mol. The van der Waals surface area contributed by atoms with Crippen LogP contribution in [0.1, 0.15) is 64.2 Å². The van der Waals surface area contributed by atoms with Gasteiger partial charge in [0.1, 0.15) is 9.84 Å². The SMILES string of the molecule is CS(=O)(=O)C1CCCC(NCCC2CCCCC2)C1. The summed E-state index contributed by atoms with van der Waals surface area (Å²) in [6.07, 6.45) is 13.6. The Balaban J connectivity index is 1.67. The molecule has 2 fully saturated rings. The van der Waals surface area contributed by atoms with E-state index in [9.17, 15) is 8.42 Å². The van der Waals surface area contributed by atoms with Crippen molar-refractivity contribution in [3.63, 3.8) is 0 Å². The third-order valence-electron chi connectivity index (χ3n) is 4.94. The number of rotatable bonds is 5. The Morgan fingerprint density at radius 2 is 1.74 bits per heavy atom. The molecule has 19 heavy (non-hydrogen) atoms. The molecular weight excluding hydrogens is 258 g/mol. The van der Waals surface area contributed by atoms with Crippen molar-refractivity contribution in [3.05, 3.63) is 0 Å². The Morgan fingerprint density at radius 1 is 1.00 bits per heavy atom. The van der Waals surface area contributed by atoms with Crippen molar-refractivity contribution >= 4 is 9.84 Å². The minimum atomic E-state index is -2.84. The van der Waals surface area contributed by atoms with Crippen LogP contribution in [0.4, 0.5) is 0 Å². The minimum Gasteiger partial charge on any atom is -0.314 e. The molecule has 0 spiro atoms. The van der Waals surface area contributed by atoms with Crippen molar-refractivity contribution in [2.45, 2.75) is 75.5 Å². The molecule has 0 saturated heterocycles. The minimum absolute atomic E-state index is 0.103. The average molecular weight is 287 g/mol. The molecule has 3 nitrogen and oxygen atoms in total. The molecule has 2 rings (SSSR count). The van der Waals surface area contributed by atoms with Crippen molar-refractivity contribution in [2.24, 2.45) is 5.92 Å². The molecule has 2 atom stereocenters. The molecule has 0 aromatic heterocycles. The molecule has 0 amide bonds. The van der Waals surface area contributed by atoms with Gasteiger partial charge in [-0.15, -0.1) is 0 Å². The Kier molecular flexibility index (Phi) is 5.70.